The predicted molar refractivity (Wildman–Crippen MR) is 115 cm³/mol. The van der Waals surface area contributed by atoms with Gasteiger partial charge in [-0.3, -0.25) is 14.4 Å². The summed E-state index contributed by atoms with van der Waals surface area (Å²) in [5, 5.41) is 10.5. The topological polar surface area (TPSA) is 97.7 Å². The molecule has 0 amide bonds. The summed E-state index contributed by atoms with van der Waals surface area (Å²) in [4.78, 5) is 49.5. The Morgan fingerprint density at radius 2 is 1.55 bits per heavy atom. The van der Waals surface area contributed by atoms with Crippen molar-refractivity contribution in [2.75, 3.05) is 0 Å². The molecule has 2 aromatic carbocycles. The van der Waals surface area contributed by atoms with Crippen LogP contribution in [0.25, 0.3) is 11.1 Å². The van der Waals surface area contributed by atoms with Crippen LogP contribution in [-0.2, 0) is 25.5 Å². The van der Waals surface area contributed by atoms with Crippen LogP contribution in [0.2, 0.25) is 0 Å². The predicted octanol–water partition coefficient (Wildman–Crippen LogP) is 4.06. The molecular formula is C25H26O6. The highest BCUT2D eigenvalue weighted by Crippen LogP contribution is 2.34. The van der Waals surface area contributed by atoms with Crippen LogP contribution in [0.1, 0.15) is 55.5 Å². The van der Waals surface area contributed by atoms with Crippen molar-refractivity contribution in [3.8, 4) is 16.9 Å². The van der Waals surface area contributed by atoms with Crippen LogP contribution in [0, 0.1) is 5.92 Å². The van der Waals surface area contributed by atoms with Crippen LogP contribution in [-0.4, -0.2) is 34.5 Å². The Bertz CT molecular complexity index is 1010. The summed E-state index contributed by atoms with van der Waals surface area (Å²) in [6.45, 7) is 3.52. The van der Waals surface area contributed by atoms with Crippen molar-refractivity contribution >= 4 is 23.3 Å². The van der Waals surface area contributed by atoms with E-state index >= 15 is 0 Å². The molecule has 0 unspecified atom stereocenters. The van der Waals surface area contributed by atoms with Crippen molar-refractivity contribution in [1.29, 1.82) is 0 Å². The fourth-order valence-corrected chi connectivity index (χ4v) is 3.76. The normalized spacial score (nSPS) is 21.2. The average Bonchev–Trinajstić information content (AvgIpc) is 2.76. The highest BCUT2D eigenvalue weighted by molar-refractivity contribution is 6.63. The molecule has 0 saturated carbocycles. The molecule has 1 N–H and O–H groups in total. The molecule has 0 aromatic heterocycles. The first-order chi connectivity index (χ1) is 14.8. The maximum atomic E-state index is 13.0. The summed E-state index contributed by atoms with van der Waals surface area (Å²) < 4.78 is 5.63. The maximum absolute atomic E-state index is 13.0. The summed E-state index contributed by atoms with van der Waals surface area (Å²) >= 11 is 0. The molecule has 1 heterocycles. The minimum atomic E-state index is -0.965. The van der Waals surface area contributed by atoms with Crippen LogP contribution < -0.4 is 0 Å². The number of phenolic OH excluding ortho intramolecular Hbond substituents is 1. The van der Waals surface area contributed by atoms with Gasteiger partial charge in [0.15, 0.2) is 0 Å². The molecule has 0 aliphatic carbocycles. The van der Waals surface area contributed by atoms with Crippen molar-refractivity contribution in [2.45, 2.75) is 52.1 Å². The van der Waals surface area contributed by atoms with Gasteiger partial charge in [-0.2, -0.15) is 0 Å². The molecule has 0 radical (unpaired) electrons. The van der Waals surface area contributed by atoms with Gasteiger partial charge in [-0.15, -0.1) is 0 Å². The molecule has 6 heteroatoms. The molecule has 162 valence electrons. The van der Waals surface area contributed by atoms with E-state index in [1.165, 1.54) is 6.07 Å². The number of carbonyl (C=O) groups is 4. The van der Waals surface area contributed by atoms with Gasteiger partial charge in [0.25, 0.3) is 5.78 Å². The van der Waals surface area contributed by atoms with Crippen LogP contribution in [0.4, 0.5) is 0 Å². The number of cyclic esters (lactones) is 1. The minimum absolute atomic E-state index is 0.0619. The Morgan fingerprint density at radius 1 is 0.871 bits per heavy atom. The maximum Gasteiger partial charge on any atom is 0.342 e. The van der Waals surface area contributed by atoms with E-state index in [1.54, 1.807) is 13.0 Å². The van der Waals surface area contributed by atoms with Gasteiger partial charge in [0.05, 0.1) is 0 Å². The Morgan fingerprint density at radius 3 is 2.26 bits per heavy atom. The summed E-state index contributed by atoms with van der Waals surface area (Å²) in [5.41, 5.74) is 2.23. The number of rotatable bonds is 1. The first-order valence-corrected chi connectivity index (χ1v) is 10.5. The van der Waals surface area contributed by atoms with Gasteiger partial charge in [-0.25, -0.2) is 4.79 Å². The number of fused-ring (bicyclic) bond motifs is 1. The molecule has 6 nitrogen and oxygen atoms in total. The van der Waals surface area contributed by atoms with Crippen molar-refractivity contribution in [3.63, 3.8) is 0 Å². The molecular weight excluding hydrogens is 396 g/mol. The van der Waals surface area contributed by atoms with Crippen molar-refractivity contribution in [1.82, 2.24) is 0 Å². The fraction of sp³-hybridized carbons (Fsp3) is 0.360. The smallest absolute Gasteiger partial charge is 0.342 e. The fourth-order valence-electron chi connectivity index (χ4n) is 3.76. The second-order valence-electron chi connectivity index (χ2n) is 8.01. The lowest BCUT2D eigenvalue weighted by atomic mass is 9.90. The van der Waals surface area contributed by atoms with Crippen molar-refractivity contribution in [2.24, 2.45) is 5.92 Å². The van der Waals surface area contributed by atoms with E-state index < -0.39 is 29.4 Å². The summed E-state index contributed by atoms with van der Waals surface area (Å²) in [6.07, 6.45) is 0.132. The van der Waals surface area contributed by atoms with Gasteiger partial charge in [0, 0.05) is 12.8 Å². The van der Waals surface area contributed by atoms with Gasteiger partial charge < -0.3 is 9.84 Å². The van der Waals surface area contributed by atoms with E-state index in [2.05, 4.69) is 0 Å². The molecule has 0 spiro atoms. The van der Waals surface area contributed by atoms with E-state index in [-0.39, 0.29) is 42.9 Å². The molecule has 1 aliphatic heterocycles. The standard InChI is InChI=1S/C25H26O6/c1-15-11-13-22(28)24(29)21(27)10-6-9-19-18(17-7-4-3-5-8-17)12-14-20(26)23(19)25(30)31-16(15)2/h3-5,7-8,12,14-16,26H,6,9-11,13H2,1-2H3/t15-,16-/m0/s1. The summed E-state index contributed by atoms with van der Waals surface area (Å²) in [5.74, 6) is -3.42. The summed E-state index contributed by atoms with van der Waals surface area (Å²) in [7, 11) is 0. The van der Waals surface area contributed by atoms with E-state index in [1.807, 2.05) is 37.3 Å². The number of ketones is 3. The zero-order valence-corrected chi connectivity index (χ0v) is 17.7. The van der Waals surface area contributed by atoms with Crippen LogP contribution in [0.15, 0.2) is 42.5 Å². The summed E-state index contributed by atoms with van der Waals surface area (Å²) in [6, 6.07) is 12.6. The van der Waals surface area contributed by atoms with Crippen molar-refractivity contribution in [3.05, 3.63) is 53.6 Å². The number of phenols is 1. The van der Waals surface area contributed by atoms with Gasteiger partial charge in [-0.1, -0.05) is 43.3 Å². The molecule has 0 fully saturated rings. The lowest BCUT2D eigenvalue weighted by molar-refractivity contribution is -0.144. The van der Waals surface area contributed by atoms with E-state index in [0.717, 1.165) is 11.1 Å². The first-order valence-electron chi connectivity index (χ1n) is 10.5. The number of benzene rings is 2. The number of hydrogen-bond donors (Lipinski definition) is 1. The Labute approximate surface area is 181 Å². The van der Waals surface area contributed by atoms with E-state index in [0.29, 0.717) is 12.0 Å². The highest BCUT2D eigenvalue weighted by Gasteiger charge is 2.28. The molecule has 2 atom stereocenters. The lowest BCUT2D eigenvalue weighted by Crippen LogP contribution is -2.27. The van der Waals surface area contributed by atoms with Gasteiger partial charge in [0.2, 0.25) is 11.6 Å². The Balaban J connectivity index is 2.07. The number of ether oxygens (including phenoxy) is 1. The monoisotopic (exact) mass is 422 g/mol. The zero-order chi connectivity index (χ0) is 22.5. The minimum Gasteiger partial charge on any atom is -0.507 e. The van der Waals surface area contributed by atoms with Crippen LogP contribution in [0.3, 0.4) is 0 Å². The van der Waals surface area contributed by atoms with Crippen molar-refractivity contribution < 1.29 is 29.0 Å². The highest BCUT2D eigenvalue weighted by atomic mass is 16.5. The quantitative estimate of drug-likeness (QED) is 0.550. The SMILES string of the molecule is C[C@@H]1OC(=O)c2c(O)ccc(-c3ccccc3)c2CCCC(=O)C(=O)C(=O)CC[C@@H]1C. The third-order valence-electron chi connectivity index (χ3n) is 5.84. The van der Waals surface area contributed by atoms with Gasteiger partial charge in [0.1, 0.15) is 17.4 Å². The third kappa shape index (κ3) is 5.08. The second-order valence-corrected chi connectivity index (χ2v) is 8.01. The van der Waals surface area contributed by atoms with Crippen LogP contribution in [0.5, 0.6) is 5.75 Å². The molecule has 3 rings (SSSR count). The number of Topliss-reactive ketones (excluding diaryl/α,β-unsaturated/α-hetero) is 3. The zero-order valence-electron chi connectivity index (χ0n) is 17.7. The average molecular weight is 422 g/mol. The number of carbonyl (C=O) groups excluding carboxylic acids is 4. The van der Waals surface area contributed by atoms with E-state index in [4.69, 9.17) is 4.74 Å². The number of esters is 1. The second kappa shape index (κ2) is 9.69. The number of hydrogen-bond acceptors (Lipinski definition) is 6. The molecule has 1 aliphatic rings. The molecule has 2 aromatic rings. The molecule has 0 bridgehead atoms. The largest absolute Gasteiger partial charge is 0.507 e. The molecule has 31 heavy (non-hydrogen) atoms. The molecule has 0 saturated heterocycles. The van der Waals surface area contributed by atoms with Gasteiger partial charge >= 0.3 is 5.97 Å². The first kappa shape index (κ1) is 22.4. The third-order valence-corrected chi connectivity index (χ3v) is 5.84. The number of aromatic hydroxyl groups is 1. The van der Waals surface area contributed by atoms with E-state index in [9.17, 15) is 24.3 Å². The van der Waals surface area contributed by atoms with Crippen LogP contribution >= 0.6 is 0 Å². The Hall–Kier alpha value is -3.28. The van der Waals surface area contributed by atoms with Gasteiger partial charge in [-0.05, 0) is 54.9 Å². The lowest BCUT2D eigenvalue weighted by Gasteiger charge is -2.22. The Kier molecular flexibility index (Phi) is 7.00.